The fourth-order valence-corrected chi connectivity index (χ4v) is 7.86. The summed E-state index contributed by atoms with van der Waals surface area (Å²) in [5, 5.41) is 15.6. The summed E-state index contributed by atoms with van der Waals surface area (Å²) < 4.78 is 0. The van der Waals surface area contributed by atoms with Crippen LogP contribution in [0.5, 0.6) is 0 Å². The number of β-amino-alcohol motifs (C(OH)–C–C–N with tert-alkyl or cyclic N) is 1. The number of nitrogens with zero attached hydrogens (tertiary/aromatic N) is 3. The number of carbonyl (C=O) groups excluding carboxylic acids is 4. The van der Waals surface area contributed by atoms with Crippen molar-refractivity contribution in [2.75, 3.05) is 13.1 Å². The van der Waals surface area contributed by atoms with Crippen LogP contribution < -0.4 is 16.4 Å². The van der Waals surface area contributed by atoms with Gasteiger partial charge >= 0.3 is 23.6 Å². The molecule has 11 heteroatoms. The second-order valence-corrected chi connectivity index (χ2v) is 13.0. The third-order valence-electron chi connectivity index (χ3n) is 10.1. The first-order chi connectivity index (χ1) is 21.8. The maximum Gasteiger partial charge on any atom is 0.312 e. The summed E-state index contributed by atoms with van der Waals surface area (Å²) >= 11 is 0. The van der Waals surface area contributed by atoms with Crippen LogP contribution in [-0.4, -0.2) is 98.9 Å². The first-order valence-electron chi connectivity index (χ1n) is 16.3. The van der Waals surface area contributed by atoms with E-state index >= 15 is 0 Å². The van der Waals surface area contributed by atoms with Crippen LogP contribution >= 0.6 is 0 Å². The molecule has 2 saturated carbocycles. The molecule has 5 fully saturated rings. The molecule has 240 valence electrons. The number of aliphatic hydroxyl groups excluding tert-OH is 1. The Bertz CT molecular complexity index is 1380. The molecule has 5 aliphatic rings. The number of piperazine rings is 2. The SMILES string of the molecule is NC1CCCC2C1NC(=O)C(=O)N2Cc1ccccc1.O=C1NC2C(N3CCC(O)C3)CCCC2N(Cc2ccccc2)C1=O. The summed E-state index contributed by atoms with van der Waals surface area (Å²) in [7, 11) is 0. The molecule has 7 rings (SSSR count). The average molecular weight is 617 g/mol. The first kappa shape index (κ1) is 31.2. The van der Waals surface area contributed by atoms with Crippen molar-refractivity contribution in [2.45, 2.75) is 100 Å². The number of likely N-dealkylation sites (tertiary alicyclic amines) is 1. The number of nitrogens with one attached hydrogen (secondary N) is 2. The molecule has 2 aliphatic carbocycles. The fourth-order valence-electron chi connectivity index (χ4n) is 7.86. The lowest BCUT2D eigenvalue weighted by atomic mass is 9.82. The highest BCUT2D eigenvalue weighted by atomic mass is 16.3. The van der Waals surface area contributed by atoms with E-state index < -0.39 is 23.6 Å². The first-order valence-corrected chi connectivity index (χ1v) is 16.3. The molecule has 45 heavy (non-hydrogen) atoms. The Morgan fingerprint density at radius 2 is 1.16 bits per heavy atom. The molecule has 0 spiro atoms. The summed E-state index contributed by atoms with van der Waals surface area (Å²) in [6.07, 6.45) is 6.25. The lowest BCUT2D eigenvalue weighted by molar-refractivity contribution is -0.155. The Hall–Kier alpha value is -3.80. The Kier molecular flexibility index (Phi) is 9.48. The van der Waals surface area contributed by atoms with Gasteiger partial charge in [-0.3, -0.25) is 24.1 Å². The van der Waals surface area contributed by atoms with Gasteiger partial charge in [-0.05, 0) is 56.1 Å². The third-order valence-corrected chi connectivity index (χ3v) is 10.1. The fraction of sp³-hybridized carbons (Fsp3) is 0.529. The summed E-state index contributed by atoms with van der Waals surface area (Å²) in [5.41, 5.74) is 8.18. The lowest BCUT2D eigenvalue weighted by Gasteiger charge is -2.49. The number of amides is 4. The number of aliphatic hydroxyl groups is 1. The van der Waals surface area contributed by atoms with Crippen LogP contribution in [0.15, 0.2) is 60.7 Å². The van der Waals surface area contributed by atoms with Crippen LogP contribution in [0.25, 0.3) is 0 Å². The van der Waals surface area contributed by atoms with Crippen molar-refractivity contribution in [1.82, 2.24) is 25.3 Å². The van der Waals surface area contributed by atoms with E-state index in [0.717, 1.165) is 62.6 Å². The van der Waals surface area contributed by atoms with Gasteiger partial charge in [-0.15, -0.1) is 0 Å². The molecule has 7 atom stereocenters. The van der Waals surface area contributed by atoms with Crippen molar-refractivity contribution < 1.29 is 24.3 Å². The minimum Gasteiger partial charge on any atom is -0.392 e. The number of fused-ring (bicyclic) bond motifs is 2. The van der Waals surface area contributed by atoms with Gasteiger partial charge in [-0.2, -0.15) is 0 Å². The summed E-state index contributed by atoms with van der Waals surface area (Å²) in [6, 6.07) is 19.6. The van der Waals surface area contributed by atoms with Crippen molar-refractivity contribution in [2.24, 2.45) is 5.73 Å². The second kappa shape index (κ2) is 13.7. The summed E-state index contributed by atoms with van der Waals surface area (Å²) in [5.74, 6) is -1.89. The van der Waals surface area contributed by atoms with Crippen LogP contribution in [0.4, 0.5) is 0 Å². The molecule has 11 nitrogen and oxygen atoms in total. The number of hydrogen-bond acceptors (Lipinski definition) is 7. The van der Waals surface area contributed by atoms with E-state index in [-0.39, 0.29) is 42.4 Å². The van der Waals surface area contributed by atoms with Crippen LogP contribution in [0.3, 0.4) is 0 Å². The van der Waals surface area contributed by atoms with Crippen molar-refractivity contribution in [3.8, 4) is 0 Å². The molecule has 0 bridgehead atoms. The van der Waals surface area contributed by atoms with Gasteiger partial charge in [-0.25, -0.2) is 0 Å². The Morgan fingerprint density at radius 1 is 0.667 bits per heavy atom. The maximum atomic E-state index is 12.5. The van der Waals surface area contributed by atoms with Crippen molar-refractivity contribution in [3.05, 3.63) is 71.8 Å². The van der Waals surface area contributed by atoms with Gasteiger partial charge in [0.1, 0.15) is 0 Å². The van der Waals surface area contributed by atoms with Crippen LogP contribution in [0.2, 0.25) is 0 Å². The van der Waals surface area contributed by atoms with E-state index in [1.807, 2.05) is 60.7 Å². The normalized spacial score (nSPS) is 31.7. The molecule has 4 amide bonds. The zero-order chi connectivity index (χ0) is 31.5. The lowest BCUT2D eigenvalue weighted by Crippen LogP contribution is -2.70. The maximum absolute atomic E-state index is 12.5. The highest BCUT2D eigenvalue weighted by Gasteiger charge is 2.48. The van der Waals surface area contributed by atoms with E-state index in [1.54, 1.807) is 9.80 Å². The third kappa shape index (κ3) is 6.75. The van der Waals surface area contributed by atoms with Crippen molar-refractivity contribution in [3.63, 3.8) is 0 Å². The zero-order valence-corrected chi connectivity index (χ0v) is 25.6. The van der Waals surface area contributed by atoms with Gasteiger partial charge in [0.2, 0.25) is 0 Å². The molecular formula is C34H44N6O5. The Balaban J connectivity index is 0.000000163. The summed E-state index contributed by atoms with van der Waals surface area (Å²) in [6.45, 7) is 2.47. The van der Waals surface area contributed by atoms with Crippen LogP contribution in [0, 0.1) is 0 Å². The van der Waals surface area contributed by atoms with Crippen molar-refractivity contribution >= 4 is 23.6 Å². The molecule has 2 aromatic carbocycles. The largest absolute Gasteiger partial charge is 0.392 e. The van der Waals surface area contributed by atoms with E-state index in [2.05, 4.69) is 15.5 Å². The molecule has 3 aliphatic heterocycles. The van der Waals surface area contributed by atoms with Gasteiger partial charge < -0.3 is 31.3 Å². The number of rotatable bonds is 5. The molecule has 2 aromatic rings. The standard InChI is InChI=1S/C19H25N3O3.C15H19N3O2/c23-14-9-10-21(12-14)15-7-4-8-16-17(15)20-18(24)19(25)22(16)11-13-5-2-1-3-6-13;16-11-7-4-8-12-13(11)17-14(19)15(20)18(12)9-10-5-2-1-3-6-10/h1-3,5-6,14-17,23H,4,7-12H2,(H,20,24);1-3,5-6,11-13H,4,7-9,16H2,(H,17,19). The molecule has 5 N–H and O–H groups in total. The quantitative estimate of drug-likeness (QED) is 0.365. The minimum atomic E-state index is -0.528. The predicted octanol–water partition coefficient (Wildman–Crippen LogP) is 0.895. The molecule has 7 unspecified atom stereocenters. The smallest absolute Gasteiger partial charge is 0.312 e. The zero-order valence-electron chi connectivity index (χ0n) is 25.6. The molecular weight excluding hydrogens is 572 g/mol. The van der Waals surface area contributed by atoms with E-state index in [0.29, 0.717) is 19.6 Å². The monoisotopic (exact) mass is 616 g/mol. The predicted molar refractivity (Wildman–Crippen MR) is 167 cm³/mol. The molecule has 0 radical (unpaired) electrons. The van der Waals surface area contributed by atoms with Crippen LogP contribution in [-0.2, 0) is 32.3 Å². The topological polar surface area (TPSA) is 148 Å². The minimum absolute atomic E-state index is 0.0177. The van der Waals surface area contributed by atoms with Crippen molar-refractivity contribution in [1.29, 1.82) is 0 Å². The number of nitrogens with two attached hydrogens (primary N) is 1. The van der Waals surface area contributed by atoms with E-state index in [9.17, 15) is 24.3 Å². The van der Waals surface area contributed by atoms with Crippen LogP contribution in [0.1, 0.15) is 56.1 Å². The van der Waals surface area contributed by atoms with Gasteiger partial charge in [0.25, 0.3) is 0 Å². The molecule has 3 saturated heterocycles. The number of hydrogen-bond donors (Lipinski definition) is 4. The second-order valence-electron chi connectivity index (χ2n) is 13.0. The van der Waals surface area contributed by atoms with Gasteiger partial charge in [0.15, 0.2) is 0 Å². The highest BCUT2D eigenvalue weighted by molar-refractivity contribution is 6.36. The van der Waals surface area contributed by atoms with Gasteiger partial charge in [-0.1, -0.05) is 60.7 Å². The molecule has 3 heterocycles. The average Bonchev–Trinajstić information content (AvgIpc) is 3.49. The van der Waals surface area contributed by atoms with E-state index in [4.69, 9.17) is 5.73 Å². The number of carbonyl (C=O) groups is 4. The molecule has 0 aromatic heterocycles. The highest BCUT2D eigenvalue weighted by Crippen LogP contribution is 2.32. The van der Waals surface area contributed by atoms with Gasteiger partial charge in [0, 0.05) is 38.3 Å². The number of benzene rings is 2. The van der Waals surface area contributed by atoms with Gasteiger partial charge in [0.05, 0.1) is 30.3 Å². The van der Waals surface area contributed by atoms with E-state index in [1.165, 1.54) is 0 Å². The Labute approximate surface area is 264 Å². The summed E-state index contributed by atoms with van der Waals surface area (Å²) in [4.78, 5) is 54.6. The Morgan fingerprint density at radius 3 is 1.69 bits per heavy atom.